The topological polar surface area (TPSA) is 83.4 Å². The summed E-state index contributed by atoms with van der Waals surface area (Å²) in [6.07, 6.45) is 7.34. The zero-order chi connectivity index (χ0) is 19.4. The fraction of sp³-hybridized carbons (Fsp3) is 0.474. The van der Waals surface area contributed by atoms with Crippen LogP contribution in [0.5, 0.6) is 5.75 Å². The second-order valence-electron chi connectivity index (χ2n) is 6.65. The third kappa shape index (κ3) is 4.40. The van der Waals surface area contributed by atoms with Gasteiger partial charge in [0.05, 0.1) is 18.7 Å². The van der Waals surface area contributed by atoms with E-state index in [1.807, 2.05) is 0 Å². The van der Waals surface area contributed by atoms with Gasteiger partial charge in [0.1, 0.15) is 5.75 Å². The van der Waals surface area contributed by atoms with Crippen LogP contribution in [0.15, 0.2) is 28.4 Å². The summed E-state index contributed by atoms with van der Waals surface area (Å²) in [5.41, 5.74) is 0.153. The highest BCUT2D eigenvalue weighted by molar-refractivity contribution is 6.31. The Balaban J connectivity index is 1.55. The second-order valence-corrected chi connectivity index (χ2v) is 7.09. The van der Waals surface area contributed by atoms with Crippen molar-refractivity contribution < 1.29 is 14.3 Å². The average Bonchev–Trinajstić information content (AvgIpc) is 3.32. The number of halogens is 1. The largest absolute Gasteiger partial charge is 0.495 e. The van der Waals surface area contributed by atoms with Crippen molar-refractivity contribution in [2.75, 3.05) is 25.1 Å². The first-order chi connectivity index (χ1) is 13.0. The molecule has 0 radical (unpaired) electrons. The van der Waals surface area contributed by atoms with Crippen molar-refractivity contribution in [1.82, 2.24) is 5.32 Å². The van der Waals surface area contributed by atoms with Crippen molar-refractivity contribution in [2.45, 2.75) is 31.3 Å². The standard InChI is InChI=1S/C19H21ClN4O3/c1-3-4-7-19(22-23-19)8-9-21-18(26)13-10-17(25)24(12-13)15-11-14(20)5-6-16(15)27-2/h1,5-6,11,13H,4,7-10,12H2,2H3,(H,21,26). The molecule has 0 spiro atoms. The van der Waals surface area contributed by atoms with Crippen molar-refractivity contribution in [3.8, 4) is 18.1 Å². The zero-order valence-corrected chi connectivity index (χ0v) is 15.8. The number of carbonyl (C=O) groups is 2. The molecule has 7 nitrogen and oxygen atoms in total. The molecule has 1 aromatic rings. The molecular formula is C19H21ClN4O3. The SMILES string of the molecule is C#CCCC1(CCNC(=O)C2CC(=O)N(c3cc(Cl)ccc3OC)C2)N=N1. The van der Waals surface area contributed by atoms with Crippen molar-refractivity contribution in [2.24, 2.45) is 16.1 Å². The minimum Gasteiger partial charge on any atom is -0.495 e. The van der Waals surface area contributed by atoms with Crippen LogP contribution in [-0.4, -0.2) is 37.7 Å². The summed E-state index contributed by atoms with van der Waals surface area (Å²) in [4.78, 5) is 26.4. The molecule has 1 fully saturated rings. The minimum absolute atomic E-state index is 0.131. The van der Waals surface area contributed by atoms with Crippen molar-refractivity contribution in [3.05, 3.63) is 23.2 Å². The van der Waals surface area contributed by atoms with Gasteiger partial charge in [0.2, 0.25) is 11.8 Å². The van der Waals surface area contributed by atoms with E-state index in [9.17, 15) is 9.59 Å². The molecular weight excluding hydrogens is 368 g/mol. The van der Waals surface area contributed by atoms with Gasteiger partial charge in [0.15, 0.2) is 5.66 Å². The van der Waals surface area contributed by atoms with Gasteiger partial charge in [-0.05, 0) is 18.2 Å². The van der Waals surface area contributed by atoms with E-state index in [0.717, 1.165) is 0 Å². The van der Waals surface area contributed by atoms with Crippen LogP contribution in [0.1, 0.15) is 25.7 Å². The van der Waals surface area contributed by atoms with E-state index >= 15 is 0 Å². The predicted molar refractivity (Wildman–Crippen MR) is 102 cm³/mol. The van der Waals surface area contributed by atoms with Crippen LogP contribution in [0.4, 0.5) is 5.69 Å². The Hall–Kier alpha value is -2.59. The number of hydrogen-bond donors (Lipinski definition) is 1. The van der Waals surface area contributed by atoms with Gasteiger partial charge in [0.25, 0.3) is 0 Å². The molecule has 1 unspecified atom stereocenters. The molecule has 27 heavy (non-hydrogen) atoms. The lowest BCUT2D eigenvalue weighted by molar-refractivity contribution is -0.126. The second kappa shape index (κ2) is 7.97. The number of anilines is 1. The Labute approximate surface area is 163 Å². The summed E-state index contributed by atoms with van der Waals surface area (Å²) in [7, 11) is 1.53. The van der Waals surface area contributed by atoms with E-state index in [1.54, 1.807) is 23.1 Å². The zero-order valence-electron chi connectivity index (χ0n) is 15.1. The summed E-state index contributed by atoms with van der Waals surface area (Å²) in [6, 6.07) is 5.07. The Morgan fingerprint density at radius 2 is 2.26 bits per heavy atom. The van der Waals surface area contributed by atoms with Crippen molar-refractivity contribution in [1.29, 1.82) is 0 Å². The van der Waals surface area contributed by atoms with Crippen LogP contribution >= 0.6 is 11.6 Å². The molecule has 1 aromatic carbocycles. The quantitative estimate of drug-likeness (QED) is 0.695. The Morgan fingerprint density at radius 3 is 2.93 bits per heavy atom. The molecule has 0 aromatic heterocycles. The van der Waals surface area contributed by atoms with Gasteiger partial charge in [-0.3, -0.25) is 9.59 Å². The highest BCUT2D eigenvalue weighted by Gasteiger charge is 2.40. The lowest BCUT2D eigenvalue weighted by Crippen LogP contribution is -2.35. The lowest BCUT2D eigenvalue weighted by Gasteiger charge is -2.20. The Kier molecular flexibility index (Phi) is 5.66. The monoisotopic (exact) mass is 388 g/mol. The van der Waals surface area contributed by atoms with Crippen LogP contribution < -0.4 is 15.0 Å². The van der Waals surface area contributed by atoms with Crippen LogP contribution in [-0.2, 0) is 9.59 Å². The first-order valence-corrected chi connectivity index (χ1v) is 9.15. The van der Waals surface area contributed by atoms with Gasteiger partial charge < -0.3 is 15.0 Å². The summed E-state index contributed by atoms with van der Waals surface area (Å²) >= 11 is 6.05. The average molecular weight is 389 g/mol. The normalized spacial score (nSPS) is 19.7. The number of rotatable bonds is 8. The third-order valence-electron chi connectivity index (χ3n) is 4.80. The van der Waals surface area contributed by atoms with E-state index in [1.165, 1.54) is 7.11 Å². The number of hydrogen-bond acceptors (Lipinski definition) is 5. The number of terminal acetylenes is 1. The number of ether oxygens (including phenoxy) is 1. The van der Waals surface area contributed by atoms with Crippen molar-refractivity contribution in [3.63, 3.8) is 0 Å². The molecule has 2 amide bonds. The van der Waals surface area contributed by atoms with Gasteiger partial charge in [0, 0.05) is 43.8 Å². The fourth-order valence-corrected chi connectivity index (χ4v) is 3.35. The van der Waals surface area contributed by atoms with E-state index in [2.05, 4.69) is 21.5 Å². The maximum atomic E-state index is 12.5. The number of carbonyl (C=O) groups excluding carboxylic acids is 2. The number of methoxy groups -OCH3 is 1. The molecule has 0 saturated carbocycles. The van der Waals surface area contributed by atoms with E-state index in [0.29, 0.717) is 48.8 Å². The molecule has 3 rings (SSSR count). The summed E-state index contributed by atoms with van der Waals surface area (Å²) in [6.45, 7) is 0.736. The molecule has 2 heterocycles. The lowest BCUT2D eigenvalue weighted by atomic mass is 10.0. The van der Waals surface area contributed by atoms with Crippen molar-refractivity contribution >= 4 is 29.1 Å². The molecule has 1 saturated heterocycles. The van der Waals surface area contributed by atoms with E-state index < -0.39 is 11.6 Å². The van der Waals surface area contributed by atoms with Crippen LogP contribution in [0, 0.1) is 18.3 Å². The fourth-order valence-electron chi connectivity index (χ4n) is 3.19. The Bertz CT molecular complexity index is 812. The highest BCUT2D eigenvalue weighted by atomic mass is 35.5. The molecule has 2 aliphatic heterocycles. The predicted octanol–water partition coefficient (Wildman–Crippen LogP) is 2.78. The van der Waals surface area contributed by atoms with Crippen LogP contribution in [0.25, 0.3) is 0 Å². The molecule has 1 atom stereocenters. The maximum Gasteiger partial charge on any atom is 0.227 e. The van der Waals surface area contributed by atoms with E-state index in [4.69, 9.17) is 22.8 Å². The molecule has 142 valence electrons. The van der Waals surface area contributed by atoms with Gasteiger partial charge in [-0.2, -0.15) is 10.2 Å². The number of benzene rings is 1. The molecule has 0 bridgehead atoms. The summed E-state index contributed by atoms with van der Waals surface area (Å²) in [5.74, 6) is 2.41. The minimum atomic E-state index is -0.425. The molecule has 1 N–H and O–H groups in total. The summed E-state index contributed by atoms with van der Waals surface area (Å²) in [5, 5.41) is 11.5. The van der Waals surface area contributed by atoms with Gasteiger partial charge >= 0.3 is 0 Å². The highest BCUT2D eigenvalue weighted by Crippen LogP contribution is 2.37. The van der Waals surface area contributed by atoms with Crippen LogP contribution in [0.2, 0.25) is 5.02 Å². The molecule has 2 aliphatic rings. The third-order valence-corrected chi connectivity index (χ3v) is 5.04. The van der Waals surface area contributed by atoms with Gasteiger partial charge in [-0.15, -0.1) is 12.3 Å². The number of amides is 2. The first kappa shape index (κ1) is 19.2. The van der Waals surface area contributed by atoms with E-state index in [-0.39, 0.29) is 18.2 Å². The van der Waals surface area contributed by atoms with Crippen LogP contribution in [0.3, 0.4) is 0 Å². The summed E-state index contributed by atoms with van der Waals surface area (Å²) < 4.78 is 5.31. The first-order valence-electron chi connectivity index (χ1n) is 8.77. The number of nitrogens with one attached hydrogen (secondary N) is 1. The Morgan fingerprint density at radius 1 is 1.48 bits per heavy atom. The van der Waals surface area contributed by atoms with Gasteiger partial charge in [-0.25, -0.2) is 0 Å². The smallest absolute Gasteiger partial charge is 0.227 e. The number of nitrogens with zero attached hydrogens (tertiary/aromatic N) is 3. The molecule has 0 aliphatic carbocycles. The van der Waals surface area contributed by atoms with Gasteiger partial charge in [-0.1, -0.05) is 11.6 Å². The maximum absolute atomic E-state index is 12.5. The molecule has 8 heteroatoms.